The largest absolute Gasteiger partial charge is 0.334 e. The van der Waals surface area contributed by atoms with Crippen molar-refractivity contribution in [1.29, 1.82) is 0 Å². The first-order valence-electron chi connectivity index (χ1n) is 11.1. The van der Waals surface area contributed by atoms with Crippen LogP contribution in [0.2, 0.25) is 0 Å². The molecule has 0 aliphatic rings. The molecule has 0 aliphatic heterocycles. The van der Waals surface area contributed by atoms with E-state index in [1.165, 1.54) is 22.4 Å². The molecule has 0 atom stereocenters. The normalized spacial score (nSPS) is 11.3. The van der Waals surface area contributed by atoms with E-state index in [2.05, 4.69) is 20.5 Å². The number of fused-ring (bicyclic) bond motifs is 4. The molecule has 2 N–H and O–H groups in total. The van der Waals surface area contributed by atoms with Gasteiger partial charge in [-0.05, 0) is 35.0 Å². The van der Waals surface area contributed by atoms with Gasteiger partial charge >= 0.3 is 5.69 Å². The van der Waals surface area contributed by atoms with Crippen molar-refractivity contribution >= 4 is 50.8 Å². The number of thioether (sulfide) groups is 1. The lowest BCUT2D eigenvalue weighted by Gasteiger charge is -2.15. The molecule has 0 radical (unpaired) electrons. The standard InChI is InChI=1S/C26H18N6O3S/c33-23-14-22(31(25(35)28-23)20-11-5-8-16-6-1-3-9-18(16)20)27-24(34)15-36-26-30-29-21-13-12-17-7-2-4-10-19(17)32(21)26/h1-14H,15H2,(H,27,34)(H,28,33,35). The number of pyridine rings is 1. The Labute approximate surface area is 207 Å². The van der Waals surface area contributed by atoms with Crippen molar-refractivity contribution in [2.75, 3.05) is 11.1 Å². The Morgan fingerprint density at radius 1 is 0.889 bits per heavy atom. The summed E-state index contributed by atoms with van der Waals surface area (Å²) < 4.78 is 3.19. The maximum absolute atomic E-state index is 13.0. The fourth-order valence-corrected chi connectivity index (χ4v) is 5.00. The number of amides is 1. The predicted molar refractivity (Wildman–Crippen MR) is 140 cm³/mol. The first-order chi connectivity index (χ1) is 17.6. The topological polar surface area (TPSA) is 114 Å². The minimum Gasteiger partial charge on any atom is -0.311 e. The maximum Gasteiger partial charge on any atom is 0.334 e. The smallest absolute Gasteiger partial charge is 0.311 e. The van der Waals surface area contributed by atoms with Crippen LogP contribution >= 0.6 is 11.8 Å². The molecule has 36 heavy (non-hydrogen) atoms. The van der Waals surface area contributed by atoms with E-state index in [4.69, 9.17) is 0 Å². The monoisotopic (exact) mass is 494 g/mol. The SMILES string of the molecule is O=C(CSc1nnc2ccc3ccccc3n12)Nc1cc(=O)[nH]c(=O)n1-c1cccc2ccccc12. The molecular formula is C26H18N6O3S. The van der Waals surface area contributed by atoms with Gasteiger partial charge in [-0.3, -0.25) is 19.0 Å². The van der Waals surface area contributed by atoms with Crippen molar-refractivity contribution < 1.29 is 4.79 Å². The second-order valence-electron chi connectivity index (χ2n) is 8.06. The van der Waals surface area contributed by atoms with Gasteiger partial charge in [-0.15, -0.1) is 10.2 Å². The minimum absolute atomic E-state index is 0.000537. The average molecular weight is 495 g/mol. The van der Waals surface area contributed by atoms with Gasteiger partial charge in [-0.2, -0.15) is 0 Å². The van der Waals surface area contributed by atoms with Gasteiger partial charge in [0, 0.05) is 11.5 Å². The summed E-state index contributed by atoms with van der Waals surface area (Å²) in [7, 11) is 0. The van der Waals surface area contributed by atoms with Crippen LogP contribution in [0.4, 0.5) is 5.82 Å². The highest BCUT2D eigenvalue weighted by Gasteiger charge is 2.16. The first-order valence-corrected chi connectivity index (χ1v) is 12.1. The summed E-state index contributed by atoms with van der Waals surface area (Å²) in [6.45, 7) is 0. The Hall–Kier alpha value is -4.70. The quantitative estimate of drug-likeness (QED) is 0.354. The lowest BCUT2D eigenvalue weighted by Crippen LogP contribution is -2.32. The van der Waals surface area contributed by atoms with Gasteiger partial charge in [0.05, 0.1) is 17.0 Å². The van der Waals surface area contributed by atoms with E-state index in [9.17, 15) is 14.4 Å². The van der Waals surface area contributed by atoms with Crippen LogP contribution in [-0.2, 0) is 4.79 Å². The number of rotatable bonds is 5. The van der Waals surface area contributed by atoms with Crippen molar-refractivity contribution in [3.63, 3.8) is 0 Å². The Morgan fingerprint density at radius 2 is 1.67 bits per heavy atom. The van der Waals surface area contributed by atoms with Crippen molar-refractivity contribution in [1.82, 2.24) is 24.1 Å². The molecule has 0 saturated carbocycles. The molecule has 1 amide bonds. The van der Waals surface area contributed by atoms with Crippen LogP contribution < -0.4 is 16.6 Å². The number of hydrogen-bond acceptors (Lipinski definition) is 6. The third kappa shape index (κ3) is 3.83. The highest BCUT2D eigenvalue weighted by Crippen LogP contribution is 2.25. The number of benzene rings is 3. The molecule has 176 valence electrons. The van der Waals surface area contributed by atoms with Gasteiger partial charge in [-0.25, -0.2) is 9.36 Å². The summed E-state index contributed by atoms with van der Waals surface area (Å²) in [5.41, 5.74) is 0.914. The average Bonchev–Trinajstić information content (AvgIpc) is 3.31. The Balaban J connectivity index is 1.32. The third-order valence-corrected chi connectivity index (χ3v) is 6.73. The second kappa shape index (κ2) is 8.82. The molecule has 10 heteroatoms. The molecule has 3 aromatic carbocycles. The number of para-hydroxylation sites is 1. The summed E-state index contributed by atoms with van der Waals surface area (Å²) >= 11 is 1.22. The van der Waals surface area contributed by atoms with Gasteiger partial charge in [-0.1, -0.05) is 66.4 Å². The van der Waals surface area contributed by atoms with Crippen LogP contribution in [0.5, 0.6) is 0 Å². The van der Waals surface area contributed by atoms with E-state index < -0.39 is 17.2 Å². The van der Waals surface area contributed by atoms with E-state index in [0.29, 0.717) is 16.5 Å². The Morgan fingerprint density at radius 3 is 2.56 bits per heavy atom. The molecule has 6 aromatic rings. The molecule has 3 aromatic heterocycles. The molecule has 0 unspecified atom stereocenters. The van der Waals surface area contributed by atoms with Gasteiger partial charge in [0.2, 0.25) is 5.91 Å². The van der Waals surface area contributed by atoms with Gasteiger partial charge in [0.1, 0.15) is 5.82 Å². The highest BCUT2D eigenvalue weighted by atomic mass is 32.2. The number of carbonyl (C=O) groups is 1. The number of anilines is 1. The number of hydrogen-bond donors (Lipinski definition) is 2. The van der Waals surface area contributed by atoms with Crippen LogP contribution in [0.25, 0.3) is 33.0 Å². The van der Waals surface area contributed by atoms with E-state index in [0.717, 1.165) is 21.7 Å². The number of nitrogens with one attached hydrogen (secondary N) is 2. The zero-order valence-electron chi connectivity index (χ0n) is 18.7. The van der Waals surface area contributed by atoms with Gasteiger partial charge in [0.25, 0.3) is 5.56 Å². The van der Waals surface area contributed by atoms with E-state index >= 15 is 0 Å². The first kappa shape index (κ1) is 21.8. The Kier molecular flexibility index (Phi) is 5.34. The number of H-pyrrole nitrogens is 1. The van der Waals surface area contributed by atoms with Gasteiger partial charge < -0.3 is 5.32 Å². The third-order valence-electron chi connectivity index (χ3n) is 5.80. The summed E-state index contributed by atoms with van der Waals surface area (Å²) in [6.07, 6.45) is 0. The number of aromatic nitrogens is 5. The van der Waals surface area contributed by atoms with Crippen LogP contribution in [0.15, 0.2) is 99.7 Å². The number of nitrogens with zero attached hydrogens (tertiary/aromatic N) is 4. The van der Waals surface area contributed by atoms with Crippen molar-refractivity contribution in [2.45, 2.75) is 5.16 Å². The number of aromatic amines is 1. The lowest BCUT2D eigenvalue weighted by molar-refractivity contribution is -0.113. The Bertz CT molecular complexity index is 1900. The minimum atomic E-state index is -0.642. The summed E-state index contributed by atoms with van der Waals surface area (Å²) in [4.78, 5) is 40.2. The summed E-state index contributed by atoms with van der Waals surface area (Å²) in [6, 6.07) is 26.0. The predicted octanol–water partition coefficient (Wildman–Crippen LogP) is 3.61. The van der Waals surface area contributed by atoms with Gasteiger partial charge in [0.15, 0.2) is 10.8 Å². The molecule has 0 saturated heterocycles. The highest BCUT2D eigenvalue weighted by molar-refractivity contribution is 7.99. The maximum atomic E-state index is 13.0. The fourth-order valence-electron chi connectivity index (χ4n) is 4.24. The summed E-state index contributed by atoms with van der Waals surface area (Å²) in [5.74, 6) is -0.307. The molecule has 0 spiro atoms. The molecular weight excluding hydrogens is 476 g/mol. The summed E-state index contributed by atoms with van der Waals surface area (Å²) in [5, 5.41) is 14.5. The molecule has 6 rings (SSSR count). The van der Waals surface area contributed by atoms with Crippen molar-refractivity contribution in [2.24, 2.45) is 0 Å². The van der Waals surface area contributed by atoms with Crippen LogP contribution in [-0.4, -0.2) is 35.8 Å². The van der Waals surface area contributed by atoms with Crippen molar-refractivity contribution in [3.8, 4) is 5.69 Å². The van der Waals surface area contributed by atoms with E-state index in [1.807, 2.05) is 77.2 Å². The van der Waals surface area contributed by atoms with Crippen molar-refractivity contribution in [3.05, 3.63) is 106 Å². The molecule has 0 aliphatic carbocycles. The zero-order valence-corrected chi connectivity index (χ0v) is 19.5. The van der Waals surface area contributed by atoms with Crippen LogP contribution in [0.3, 0.4) is 0 Å². The lowest BCUT2D eigenvalue weighted by atomic mass is 10.1. The van der Waals surface area contributed by atoms with Crippen LogP contribution in [0.1, 0.15) is 0 Å². The van der Waals surface area contributed by atoms with E-state index in [1.54, 1.807) is 6.07 Å². The molecule has 0 fully saturated rings. The molecule has 0 bridgehead atoms. The van der Waals surface area contributed by atoms with Crippen LogP contribution in [0, 0.1) is 0 Å². The fraction of sp³-hybridized carbons (Fsp3) is 0.0385. The molecule has 3 heterocycles. The van der Waals surface area contributed by atoms with E-state index in [-0.39, 0.29) is 11.6 Å². The second-order valence-corrected chi connectivity index (χ2v) is 9.01. The molecule has 9 nitrogen and oxygen atoms in total. The number of carbonyl (C=O) groups excluding carboxylic acids is 1. The zero-order chi connectivity index (χ0) is 24.6.